The van der Waals surface area contributed by atoms with Crippen LogP contribution in [-0.4, -0.2) is 19.6 Å². The highest BCUT2D eigenvalue weighted by Crippen LogP contribution is 2.40. The number of benzene rings is 2. The summed E-state index contributed by atoms with van der Waals surface area (Å²) in [6.07, 6.45) is 3.94. The lowest BCUT2D eigenvalue weighted by atomic mass is 10.0. The fraction of sp³-hybridized carbons (Fsp3) is 0.120. The van der Waals surface area contributed by atoms with Gasteiger partial charge in [0.15, 0.2) is 5.11 Å². The average Bonchev–Trinajstić information content (AvgIpc) is 3.40. The molecule has 2 aromatic carbocycles. The molecule has 1 N–H and O–H groups in total. The number of nitrogens with zero attached hydrogens (tertiary/aromatic N) is 3. The van der Waals surface area contributed by atoms with Gasteiger partial charge in [-0.15, -0.1) is 0 Å². The predicted molar refractivity (Wildman–Crippen MR) is 131 cm³/mol. The molecule has 0 amide bonds. The van der Waals surface area contributed by atoms with Gasteiger partial charge in [-0.05, 0) is 60.2 Å². The van der Waals surface area contributed by atoms with Gasteiger partial charge in [0.1, 0.15) is 0 Å². The van der Waals surface area contributed by atoms with Crippen LogP contribution in [0.4, 0.5) is 0 Å². The third-order valence-electron chi connectivity index (χ3n) is 5.56. The highest BCUT2D eigenvalue weighted by molar-refractivity contribution is 9.10. The van der Waals surface area contributed by atoms with Gasteiger partial charge < -0.3 is 14.8 Å². The highest BCUT2D eigenvalue weighted by atomic mass is 79.9. The monoisotopic (exact) mass is 488 g/mol. The summed E-state index contributed by atoms with van der Waals surface area (Å²) in [5.41, 5.74) is 4.47. The van der Waals surface area contributed by atoms with Crippen molar-refractivity contribution in [3.63, 3.8) is 0 Å². The summed E-state index contributed by atoms with van der Waals surface area (Å²) in [5, 5.41) is 4.28. The van der Waals surface area contributed by atoms with Crippen molar-refractivity contribution in [3.05, 3.63) is 119 Å². The second kappa shape index (κ2) is 8.65. The van der Waals surface area contributed by atoms with Crippen LogP contribution in [0.25, 0.3) is 5.69 Å². The topological polar surface area (TPSA) is 33.1 Å². The van der Waals surface area contributed by atoms with Crippen molar-refractivity contribution in [1.82, 2.24) is 19.8 Å². The van der Waals surface area contributed by atoms with E-state index in [2.05, 4.69) is 103 Å². The molecule has 2 aromatic heterocycles. The first kappa shape index (κ1) is 20.0. The maximum atomic E-state index is 5.82. The molecule has 0 spiro atoms. The summed E-state index contributed by atoms with van der Waals surface area (Å²) in [4.78, 5) is 6.92. The van der Waals surface area contributed by atoms with Crippen molar-refractivity contribution < 1.29 is 0 Å². The van der Waals surface area contributed by atoms with Crippen molar-refractivity contribution in [2.45, 2.75) is 18.6 Å². The van der Waals surface area contributed by atoms with E-state index in [0.29, 0.717) is 0 Å². The van der Waals surface area contributed by atoms with Gasteiger partial charge in [0, 0.05) is 34.8 Å². The third-order valence-corrected chi connectivity index (χ3v) is 6.41. The number of aromatic nitrogens is 2. The minimum atomic E-state index is -0.0433. The molecule has 1 fully saturated rings. The Balaban J connectivity index is 1.61. The lowest BCUT2D eigenvalue weighted by Crippen LogP contribution is -2.30. The number of thiocarbonyl (C=S) groups is 1. The molecular formula is C25H21BrN4S. The molecule has 1 aliphatic rings. The van der Waals surface area contributed by atoms with Gasteiger partial charge in [-0.1, -0.05) is 58.4 Å². The Labute approximate surface area is 195 Å². The van der Waals surface area contributed by atoms with E-state index in [-0.39, 0.29) is 12.1 Å². The van der Waals surface area contributed by atoms with Gasteiger partial charge in [0.25, 0.3) is 0 Å². The van der Waals surface area contributed by atoms with Gasteiger partial charge in [-0.2, -0.15) is 0 Å². The van der Waals surface area contributed by atoms with E-state index in [1.54, 1.807) is 0 Å². The predicted octanol–water partition coefficient (Wildman–Crippen LogP) is 5.81. The van der Waals surface area contributed by atoms with E-state index in [1.165, 1.54) is 5.56 Å². The zero-order chi connectivity index (χ0) is 21.2. The lowest BCUT2D eigenvalue weighted by Gasteiger charge is -2.29. The molecule has 4 nitrogen and oxygen atoms in total. The van der Waals surface area contributed by atoms with Crippen molar-refractivity contribution in [3.8, 4) is 5.69 Å². The van der Waals surface area contributed by atoms with Crippen LogP contribution in [0.1, 0.15) is 29.0 Å². The summed E-state index contributed by atoms with van der Waals surface area (Å²) in [6, 6.07) is 29.0. The van der Waals surface area contributed by atoms with Crippen LogP contribution in [0.15, 0.2) is 102 Å². The molecule has 0 aliphatic carbocycles. The molecule has 0 saturated carbocycles. The number of halogens is 1. The number of nitrogens with one attached hydrogen (secondary N) is 1. The van der Waals surface area contributed by atoms with E-state index in [0.717, 1.165) is 33.2 Å². The molecule has 0 unspecified atom stereocenters. The van der Waals surface area contributed by atoms with Crippen LogP contribution in [-0.2, 0) is 6.54 Å². The largest absolute Gasteiger partial charge is 0.352 e. The third kappa shape index (κ3) is 4.01. The summed E-state index contributed by atoms with van der Waals surface area (Å²) < 4.78 is 3.28. The molecule has 0 radical (unpaired) electrons. The van der Waals surface area contributed by atoms with Crippen molar-refractivity contribution in [1.29, 1.82) is 0 Å². The molecule has 3 heterocycles. The first-order chi connectivity index (χ1) is 15.2. The van der Waals surface area contributed by atoms with Crippen LogP contribution in [0.2, 0.25) is 0 Å². The molecule has 1 saturated heterocycles. The Bertz CT molecular complexity index is 1190. The van der Waals surface area contributed by atoms with Crippen molar-refractivity contribution in [2.24, 2.45) is 0 Å². The summed E-state index contributed by atoms with van der Waals surface area (Å²) in [7, 11) is 0. The molecule has 4 aromatic rings. The van der Waals surface area contributed by atoms with Gasteiger partial charge >= 0.3 is 0 Å². The van der Waals surface area contributed by atoms with Crippen LogP contribution in [0.5, 0.6) is 0 Å². The SMILES string of the molecule is S=C1N[C@H](c2ccccn2)[C@H](c2cccn2-c2cccc(Br)c2)N1Cc1ccccc1. The molecule has 6 heteroatoms. The summed E-state index contributed by atoms with van der Waals surface area (Å²) >= 11 is 9.42. The molecule has 5 rings (SSSR count). The van der Waals surface area contributed by atoms with Crippen LogP contribution in [0.3, 0.4) is 0 Å². The van der Waals surface area contributed by atoms with Gasteiger partial charge in [-0.25, -0.2) is 0 Å². The van der Waals surface area contributed by atoms with Crippen LogP contribution < -0.4 is 5.32 Å². The first-order valence-electron chi connectivity index (χ1n) is 10.2. The smallest absolute Gasteiger partial charge is 0.170 e. The minimum Gasteiger partial charge on any atom is -0.352 e. The standard InChI is InChI=1S/C25H21BrN4S/c26-19-10-6-11-20(16-19)29-15-7-13-22(29)24-23(21-12-4-5-14-27-21)28-25(31)30(24)17-18-8-2-1-3-9-18/h1-16,23-24H,17H2,(H,28,31)/t23-,24+/m1/s1. The molecule has 2 atom stereocenters. The van der Waals surface area contributed by atoms with Gasteiger partial charge in [-0.3, -0.25) is 4.98 Å². The average molecular weight is 489 g/mol. The molecule has 31 heavy (non-hydrogen) atoms. The van der Waals surface area contributed by atoms with E-state index in [4.69, 9.17) is 12.2 Å². The Morgan fingerprint density at radius 1 is 0.935 bits per heavy atom. The number of rotatable bonds is 5. The number of hydrogen-bond acceptors (Lipinski definition) is 2. The fourth-order valence-corrected chi connectivity index (χ4v) is 4.87. The molecule has 154 valence electrons. The van der Waals surface area contributed by atoms with Gasteiger partial charge in [0.05, 0.1) is 17.8 Å². The molecule has 0 bridgehead atoms. The Hall–Kier alpha value is -2.96. The number of hydrogen-bond donors (Lipinski definition) is 1. The maximum absolute atomic E-state index is 5.82. The van der Waals surface area contributed by atoms with E-state index in [1.807, 2.05) is 30.5 Å². The summed E-state index contributed by atoms with van der Waals surface area (Å²) in [5.74, 6) is 0. The second-order valence-corrected chi connectivity index (χ2v) is 8.83. The van der Waals surface area contributed by atoms with Crippen LogP contribution in [0, 0.1) is 0 Å². The van der Waals surface area contributed by atoms with Crippen molar-refractivity contribution >= 4 is 33.3 Å². The maximum Gasteiger partial charge on any atom is 0.170 e. The highest BCUT2D eigenvalue weighted by Gasteiger charge is 2.41. The second-order valence-electron chi connectivity index (χ2n) is 7.52. The quantitative estimate of drug-likeness (QED) is 0.359. The zero-order valence-corrected chi connectivity index (χ0v) is 19.1. The zero-order valence-electron chi connectivity index (χ0n) is 16.7. The lowest BCUT2D eigenvalue weighted by molar-refractivity contribution is 0.302. The molecule has 1 aliphatic heterocycles. The van der Waals surface area contributed by atoms with Crippen molar-refractivity contribution in [2.75, 3.05) is 0 Å². The van der Waals surface area contributed by atoms with Gasteiger partial charge in [0.2, 0.25) is 0 Å². The Kier molecular flexibility index (Phi) is 5.57. The normalized spacial score (nSPS) is 18.2. The fourth-order valence-electron chi connectivity index (χ4n) is 4.17. The Morgan fingerprint density at radius 3 is 2.55 bits per heavy atom. The van der Waals surface area contributed by atoms with E-state index in [9.17, 15) is 0 Å². The minimum absolute atomic E-state index is 0.00316. The van der Waals surface area contributed by atoms with E-state index < -0.39 is 0 Å². The van der Waals surface area contributed by atoms with E-state index >= 15 is 0 Å². The van der Waals surface area contributed by atoms with Crippen LogP contribution >= 0.6 is 28.1 Å². The summed E-state index contributed by atoms with van der Waals surface area (Å²) in [6.45, 7) is 0.727. The number of pyridine rings is 1. The molecular weight excluding hydrogens is 468 g/mol. The first-order valence-corrected chi connectivity index (χ1v) is 11.4. The Morgan fingerprint density at radius 2 is 1.77 bits per heavy atom.